The van der Waals surface area contributed by atoms with Crippen molar-refractivity contribution in [3.63, 3.8) is 0 Å². The van der Waals surface area contributed by atoms with Gasteiger partial charge in [-0.05, 0) is 38.0 Å². The number of ether oxygens (including phenoxy) is 1. The summed E-state index contributed by atoms with van der Waals surface area (Å²) in [4.78, 5) is 30.6. The van der Waals surface area contributed by atoms with Crippen molar-refractivity contribution in [2.75, 3.05) is 13.2 Å². The van der Waals surface area contributed by atoms with Crippen LogP contribution in [0, 0.1) is 11.7 Å². The van der Waals surface area contributed by atoms with Gasteiger partial charge in [-0.2, -0.15) is 0 Å². The molecule has 138 valence electrons. The first kappa shape index (κ1) is 18.3. The van der Waals surface area contributed by atoms with Gasteiger partial charge in [-0.25, -0.2) is 9.38 Å². The lowest BCUT2D eigenvalue weighted by Gasteiger charge is -2.28. The molecule has 6 nitrogen and oxygen atoms in total. The van der Waals surface area contributed by atoms with Crippen LogP contribution in [0.2, 0.25) is 0 Å². The topological polar surface area (TPSA) is 79.2 Å². The van der Waals surface area contributed by atoms with E-state index in [0.29, 0.717) is 30.2 Å². The number of nitrogens with zero attached hydrogens (tertiary/aromatic N) is 2. The molecule has 0 saturated carbocycles. The zero-order valence-electron chi connectivity index (χ0n) is 14.7. The van der Waals surface area contributed by atoms with Crippen LogP contribution in [-0.4, -0.2) is 47.0 Å². The van der Waals surface area contributed by atoms with E-state index in [1.165, 1.54) is 19.1 Å². The van der Waals surface area contributed by atoms with Gasteiger partial charge >= 0.3 is 0 Å². The number of imide groups is 1. The standard InChI is InChI=1S/C19H21FN2O4/c1-3-26-18-14(8-12-4-6-13(20)7-5-12)17-15(21-18)9-16(24)22(19(17)25)10-11(2)23/h4-7,11,14,23H,3,8-10H2,1-2H3. The van der Waals surface area contributed by atoms with Crippen molar-refractivity contribution < 1.29 is 23.8 Å². The molecule has 0 saturated heterocycles. The van der Waals surface area contributed by atoms with Crippen LogP contribution in [0.4, 0.5) is 4.39 Å². The van der Waals surface area contributed by atoms with Crippen molar-refractivity contribution in [3.8, 4) is 0 Å². The molecule has 2 amide bonds. The number of carbonyl (C=O) groups excluding carboxylic acids is 2. The molecule has 3 rings (SSSR count). The third-order valence-electron chi connectivity index (χ3n) is 4.39. The van der Waals surface area contributed by atoms with Gasteiger partial charge in [0.15, 0.2) is 5.90 Å². The summed E-state index contributed by atoms with van der Waals surface area (Å²) < 4.78 is 18.8. The number of rotatable bonds is 5. The van der Waals surface area contributed by atoms with Crippen LogP contribution in [0.25, 0.3) is 0 Å². The van der Waals surface area contributed by atoms with Gasteiger partial charge in [0.25, 0.3) is 5.91 Å². The highest BCUT2D eigenvalue weighted by Crippen LogP contribution is 2.36. The molecule has 2 aliphatic rings. The van der Waals surface area contributed by atoms with E-state index in [-0.39, 0.29) is 24.7 Å². The Morgan fingerprint density at radius 2 is 2.04 bits per heavy atom. The maximum Gasteiger partial charge on any atom is 0.259 e. The molecule has 0 aromatic heterocycles. The molecule has 2 heterocycles. The second-order valence-electron chi connectivity index (χ2n) is 6.46. The number of aliphatic imine (C=N–C) groups is 1. The number of carbonyl (C=O) groups is 2. The number of aliphatic hydroxyl groups excluding tert-OH is 1. The van der Waals surface area contributed by atoms with Crippen molar-refractivity contribution in [1.29, 1.82) is 0 Å². The molecule has 2 unspecified atom stereocenters. The van der Waals surface area contributed by atoms with E-state index in [1.54, 1.807) is 12.1 Å². The summed E-state index contributed by atoms with van der Waals surface area (Å²) in [5, 5.41) is 9.59. The van der Waals surface area contributed by atoms with Crippen molar-refractivity contribution in [1.82, 2.24) is 4.90 Å². The second-order valence-corrected chi connectivity index (χ2v) is 6.46. The first-order valence-electron chi connectivity index (χ1n) is 8.62. The van der Waals surface area contributed by atoms with E-state index in [9.17, 15) is 19.1 Å². The second kappa shape index (κ2) is 7.37. The Labute approximate surface area is 151 Å². The molecule has 0 radical (unpaired) electrons. The van der Waals surface area contributed by atoms with Crippen LogP contribution >= 0.6 is 0 Å². The minimum atomic E-state index is -0.811. The van der Waals surface area contributed by atoms with Crippen LogP contribution in [-0.2, 0) is 20.7 Å². The highest BCUT2D eigenvalue weighted by molar-refractivity contribution is 6.13. The quantitative estimate of drug-likeness (QED) is 0.813. The fourth-order valence-corrected chi connectivity index (χ4v) is 3.28. The zero-order valence-corrected chi connectivity index (χ0v) is 14.7. The fourth-order valence-electron chi connectivity index (χ4n) is 3.28. The number of β-amino-alcohol motifs (C(OH)–C–C–N with tert-alkyl or cyclic N) is 1. The summed E-state index contributed by atoms with van der Waals surface area (Å²) in [6.07, 6.45) is -0.390. The van der Waals surface area contributed by atoms with Crippen LogP contribution in [0.15, 0.2) is 40.5 Å². The van der Waals surface area contributed by atoms with Gasteiger partial charge in [0.2, 0.25) is 5.91 Å². The number of hydrogen-bond donors (Lipinski definition) is 1. The van der Waals surface area contributed by atoms with Crippen LogP contribution < -0.4 is 0 Å². The molecule has 1 aromatic rings. The summed E-state index contributed by atoms with van der Waals surface area (Å²) in [5.41, 5.74) is 1.69. The molecular weight excluding hydrogens is 339 g/mol. The van der Waals surface area contributed by atoms with Gasteiger partial charge in [0.1, 0.15) is 5.82 Å². The lowest BCUT2D eigenvalue weighted by molar-refractivity contribution is -0.145. The molecular formula is C19H21FN2O4. The Morgan fingerprint density at radius 3 is 2.65 bits per heavy atom. The smallest absolute Gasteiger partial charge is 0.259 e. The molecule has 0 spiro atoms. The molecule has 7 heteroatoms. The highest BCUT2D eigenvalue weighted by atomic mass is 19.1. The molecule has 1 aromatic carbocycles. The van der Waals surface area contributed by atoms with Gasteiger partial charge in [-0.1, -0.05) is 12.1 Å². The lowest BCUT2D eigenvalue weighted by atomic mass is 9.89. The van der Waals surface area contributed by atoms with Gasteiger partial charge in [0, 0.05) is 0 Å². The number of hydrogen-bond acceptors (Lipinski definition) is 5. The Balaban J connectivity index is 1.92. The molecule has 2 atom stereocenters. The number of benzene rings is 1. The first-order chi connectivity index (χ1) is 12.4. The maximum absolute atomic E-state index is 13.2. The van der Waals surface area contributed by atoms with E-state index < -0.39 is 17.9 Å². The normalized spacial score (nSPS) is 21.0. The Morgan fingerprint density at radius 1 is 1.35 bits per heavy atom. The molecule has 26 heavy (non-hydrogen) atoms. The minimum absolute atomic E-state index is 0.00425. The highest BCUT2D eigenvalue weighted by Gasteiger charge is 2.43. The molecule has 2 aliphatic heterocycles. The van der Waals surface area contributed by atoms with Crippen molar-refractivity contribution >= 4 is 17.7 Å². The summed E-state index contributed by atoms with van der Waals surface area (Å²) in [6.45, 7) is 3.68. The summed E-state index contributed by atoms with van der Waals surface area (Å²) in [6, 6.07) is 6.04. The van der Waals surface area contributed by atoms with Crippen molar-refractivity contribution in [2.45, 2.75) is 32.8 Å². The van der Waals surface area contributed by atoms with E-state index in [2.05, 4.69) is 4.99 Å². The van der Waals surface area contributed by atoms with E-state index in [1.807, 2.05) is 6.92 Å². The molecule has 1 N–H and O–H groups in total. The third-order valence-corrected chi connectivity index (χ3v) is 4.39. The lowest BCUT2D eigenvalue weighted by Crippen LogP contribution is -2.46. The summed E-state index contributed by atoms with van der Waals surface area (Å²) in [5.74, 6) is -1.17. The molecule has 0 fully saturated rings. The third kappa shape index (κ3) is 3.53. The Hall–Kier alpha value is -2.54. The summed E-state index contributed by atoms with van der Waals surface area (Å²) >= 11 is 0. The van der Waals surface area contributed by atoms with E-state index in [0.717, 1.165) is 10.5 Å². The number of halogens is 1. The van der Waals surface area contributed by atoms with Crippen LogP contribution in [0.1, 0.15) is 25.8 Å². The van der Waals surface area contributed by atoms with Gasteiger partial charge in [-0.3, -0.25) is 14.5 Å². The molecule has 0 bridgehead atoms. The number of amides is 2. The zero-order chi connectivity index (χ0) is 18.8. The Bertz CT molecular complexity index is 783. The Kier molecular flexibility index (Phi) is 5.18. The largest absolute Gasteiger partial charge is 0.481 e. The van der Waals surface area contributed by atoms with Crippen LogP contribution in [0.3, 0.4) is 0 Å². The van der Waals surface area contributed by atoms with Gasteiger partial charge in [-0.15, -0.1) is 0 Å². The SMILES string of the molecule is CCOC1=NC2=C(C(=O)N(CC(C)O)C(=O)C2)C1Cc1ccc(F)cc1. The first-order valence-corrected chi connectivity index (χ1v) is 8.62. The van der Waals surface area contributed by atoms with Crippen molar-refractivity contribution in [2.24, 2.45) is 10.9 Å². The average Bonchev–Trinajstić information content (AvgIpc) is 2.91. The monoisotopic (exact) mass is 360 g/mol. The van der Waals surface area contributed by atoms with E-state index >= 15 is 0 Å². The van der Waals surface area contributed by atoms with Crippen LogP contribution in [0.5, 0.6) is 0 Å². The number of aliphatic hydroxyl groups is 1. The average molecular weight is 360 g/mol. The van der Waals surface area contributed by atoms with E-state index in [4.69, 9.17) is 4.74 Å². The maximum atomic E-state index is 13.2. The minimum Gasteiger partial charge on any atom is -0.481 e. The van der Waals surface area contributed by atoms with Gasteiger partial charge < -0.3 is 9.84 Å². The fraction of sp³-hybridized carbons (Fsp3) is 0.421. The predicted molar refractivity (Wildman–Crippen MR) is 92.7 cm³/mol. The molecule has 0 aliphatic carbocycles. The van der Waals surface area contributed by atoms with Crippen molar-refractivity contribution in [3.05, 3.63) is 46.9 Å². The predicted octanol–water partition coefficient (Wildman–Crippen LogP) is 1.83. The summed E-state index contributed by atoms with van der Waals surface area (Å²) in [7, 11) is 0. The van der Waals surface area contributed by atoms with Gasteiger partial charge in [0.05, 0.1) is 42.9 Å².